The predicted octanol–water partition coefficient (Wildman–Crippen LogP) is 5.14. The quantitative estimate of drug-likeness (QED) is 0.392. The van der Waals surface area contributed by atoms with Crippen molar-refractivity contribution < 1.29 is 14.0 Å². The number of amides is 2. The maximum Gasteiger partial charge on any atom is 0.247 e. The first-order valence-electron chi connectivity index (χ1n) is 11.8. The zero-order valence-corrected chi connectivity index (χ0v) is 19.8. The summed E-state index contributed by atoms with van der Waals surface area (Å²) in [5, 5.41) is 0. The second-order valence-electron chi connectivity index (χ2n) is 9.12. The van der Waals surface area contributed by atoms with Crippen LogP contribution in [-0.2, 0) is 16.1 Å². The molecule has 1 fully saturated rings. The minimum absolute atomic E-state index is 0.0230. The number of imidazole rings is 1. The molecular formula is C28H27FN4O2. The topological polar surface area (TPSA) is 58.4 Å². The number of benzene rings is 3. The van der Waals surface area contributed by atoms with Gasteiger partial charge in [-0.3, -0.25) is 9.59 Å². The summed E-state index contributed by atoms with van der Waals surface area (Å²) < 4.78 is 15.3. The molecule has 1 aliphatic heterocycles. The molecule has 6 nitrogen and oxygen atoms in total. The van der Waals surface area contributed by atoms with Crippen LogP contribution < -0.4 is 9.80 Å². The van der Waals surface area contributed by atoms with Gasteiger partial charge in [-0.05, 0) is 62.4 Å². The third-order valence-corrected chi connectivity index (χ3v) is 6.43. The fraction of sp³-hybridized carbons (Fsp3) is 0.250. The number of anilines is 2. The zero-order valence-electron chi connectivity index (χ0n) is 19.8. The molecule has 0 spiro atoms. The average molecular weight is 471 g/mol. The molecule has 0 N–H and O–H groups in total. The molecule has 2 heterocycles. The maximum atomic E-state index is 13.6. The van der Waals surface area contributed by atoms with Gasteiger partial charge in [0.2, 0.25) is 11.8 Å². The number of para-hydroxylation sites is 3. The highest BCUT2D eigenvalue weighted by molar-refractivity contribution is 5.97. The van der Waals surface area contributed by atoms with Crippen molar-refractivity contribution in [3.63, 3.8) is 0 Å². The number of carbonyl (C=O) groups excluding carboxylic acids is 2. The molecule has 4 aromatic rings. The van der Waals surface area contributed by atoms with Crippen LogP contribution in [0.3, 0.4) is 0 Å². The first-order chi connectivity index (χ1) is 16.9. The van der Waals surface area contributed by atoms with E-state index in [1.807, 2.05) is 73.0 Å². The third-order valence-electron chi connectivity index (χ3n) is 6.43. The van der Waals surface area contributed by atoms with Gasteiger partial charge in [0.25, 0.3) is 0 Å². The molecule has 1 saturated heterocycles. The van der Waals surface area contributed by atoms with E-state index >= 15 is 0 Å². The number of aromatic nitrogens is 2. The SMILES string of the molecule is CC(C)N(C(=O)Cn1c([C@@H]2CC(=O)N(c3ccc(F)cc3)C2)nc2ccccc21)c1ccccc1. The molecule has 7 heteroatoms. The molecule has 5 rings (SSSR count). The fourth-order valence-corrected chi connectivity index (χ4v) is 4.85. The number of halogens is 1. The van der Waals surface area contributed by atoms with E-state index in [0.29, 0.717) is 18.1 Å². The fourth-order valence-electron chi connectivity index (χ4n) is 4.85. The van der Waals surface area contributed by atoms with E-state index in [0.717, 1.165) is 16.7 Å². The number of hydrogen-bond donors (Lipinski definition) is 0. The third kappa shape index (κ3) is 4.41. The van der Waals surface area contributed by atoms with Gasteiger partial charge < -0.3 is 14.4 Å². The Balaban J connectivity index is 1.49. The Labute approximate surface area is 203 Å². The molecular weight excluding hydrogens is 443 g/mol. The van der Waals surface area contributed by atoms with Crippen LogP contribution in [0, 0.1) is 5.82 Å². The van der Waals surface area contributed by atoms with Crippen LogP contribution in [0.2, 0.25) is 0 Å². The molecule has 0 bridgehead atoms. The van der Waals surface area contributed by atoms with Crippen molar-refractivity contribution >= 4 is 34.2 Å². The summed E-state index contributed by atoms with van der Waals surface area (Å²) in [7, 11) is 0. The molecule has 0 radical (unpaired) electrons. The number of nitrogens with zero attached hydrogens (tertiary/aromatic N) is 4. The maximum absolute atomic E-state index is 13.6. The summed E-state index contributed by atoms with van der Waals surface area (Å²) in [6.07, 6.45) is 0.279. The van der Waals surface area contributed by atoms with Gasteiger partial charge >= 0.3 is 0 Å². The Morgan fingerprint density at radius 1 is 1.03 bits per heavy atom. The second kappa shape index (κ2) is 9.33. The van der Waals surface area contributed by atoms with Crippen molar-refractivity contribution in [2.24, 2.45) is 0 Å². The Morgan fingerprint density at radius 3 is 2.43 bits per heavy atom. The lowest BCUT2D eigenvalue weighted by molar-refractivity contribution is -0.119. The highest BCUT2D eigenvalue weighted by atomic mass is 19.1. The Hall–Kier alpha value is -4.00. The Kier molecular flexibility index (Phi) is 6.07. The lowest BCUT2D eigenvalue weighted by Gasteiger charge is -2.27. The minimum atomic E-state index is -0.342. The molecule has 1 atom stereocenters. The van der Waals surface area contributed by atoms with Gasteiger partial charge in [-0.15, -0.1) is 0 Å². The van der Waals surface area contributed by atoms with E-state index < -0.39 is 0 Å². The number of carbonyl (C=O) groups is 2. The number of rotatable bonds is 6. The average Bonchev–Trinajstić information content (AvgIpc) is 3.41. The summed E-state index contributed by atoms with van der Waals surface area (Å²) in [6, 6.07) is 23.3. The van der Waals surface area contributed by atoms with Crippen LogP contribution in [0.15, 0.2) is 78.9 Å². The molecule has 1 aromatic heterocycles. The molecule has 35 heavy (non-hydrogen) atoms. The van der Waals surface area contributed by atoms with E-state index in [9.17, 15) is 14.0 Å². The monoisotopic (exact) mass is 470 g/mol. The van der Waals surface area contributed by atoms with E-state index in [1.54, 1.807) is 21.9 Å². The van der Waals surface area contributed by atoms with Crippen molar-refractivity contribution in [1.82, 2.24) is 9.55 Å². The van der Waals surface area contributed by atoms with E-state index in [1.165, 1.54) is 12.1 Å². The first-order valence-corrected chi connectivity index (χ1v) is 11.8. The van der Waals surface area contributed by atoms with Crippen LogP contribution in [-0.4, -0.2) is 34.0 Å². The van der Waals surface area contributed by atoms with E-state index in [2.05, 4.69) is 0 Å². The van der Waals surface area contributed by atoms with Gasteiger partial charge in [0.05, 0.1) is 11.0 Å². The number of fused-ring (bicyclic) bond motifs is 1. The summed E-state index contributed by atoms with van der Waals surface area (Å²) >= 11 is 0. The van der Waals surface area contributed by atoms with Crippen LogP contribution in [0.1, 0.15) is 32.0 Å². The molecule has 1 aliphatic rings. The zero-order chi connectivity index (χ0) is 24.5. The number of hydrogen-bond acceptors (Lipinski definition) is 3. The lowest BCUT2D eigenvalue weighted by Crippen LogP contribution is -2.39. The Morgan fingerprint density at radius 2 is 1.71 bits per heavy atom. The molecule has 3 aromatic carbocycles. The molecule has 178 valence electrons. The lowest BCUT2D eigenvalue weighted by atomic mass is 10.1. The predicted molar refractivity (Wildman–Crippen MR) is 135 cm³/mol. The van der Waals surface area contributed by atoms with E-state index in [-0.39, 0.29) is 42.6 Å². The summed E-state index contributed by atoms with van der Waals surface area (Å²) in [4.78, 5) is 34.8. The van der Waals surface area contributed by atoms with Crippen LogP contribution in [0.4, 0.5) is 15.8 Å². The summed E-state index contributed by atoms with van der Waals surface area (Å²) in [5.41, 5.74) is 3.16. The van der Waals surface area contributed by atoms with Gasteiger partial charge in [-0.1, -0.05) is 30.3 Å². The molecule has 0 aliphatic carbocycles. The molecule has 2 amide bonds. The van der Waals surface area contributed by atoms with Crippen LogP contribution in [0.5, 0.6) is 0 Å². The minimum Gasteiger partial charge on any atom is -0.318 e. The standard InChI is InChI=1S/C28H27FN4O2/c1-19(2)33(23-8-4-3-5-9-23)27(35)18-32-25-11-7-6-10-24(25)30-28(32)20-16-26(34)31(17-20)22-14-12-21(29)13-15-22/h3-15,19-20H,16-18H2,1-2H3/t20-/m1/s1. The normalized spacial score (nSPS) is 15.8. The van der Waals surface area contributed by atoms with Crippen molar-refractivity contribution in [2.75, 3.05) is 16.3 Å². The summed E-state index contributed by atoms with van der Waals surface area (Å²) in [6.45, 7) is 4.53. The van der Waals surface area contributed by atoms with Gasteiger partial charge in [-0.2, -0.15) is 0 Å². The first kappa shape index (κ1) is 22.8. The van der Waals surface area contributed by atoms with Crippen molar-refractivity contribution in [2.45, 2.75) is 38.8 Å². The van der Waals surface area contributed by atoms with Crippen LogP contribution in [0.25, 0.3) is 11.0 Å². The second-order valence-corrected chi connectivity index (χ2v) is 9.12. The van der Waals surface area contributed by atoms with Crippen LogP contribution >= 0.6 is 0 Å². The molecule has 0 saturated carbocycles. The molecule has 0 unspecified atom stereocenters. The summed E-state index contributed by atoms with van der Waals surface area (Å²) in [5.74, 6) is 0.103. The highest BCUT2D eigenvalue weighted by Gasteiger charge is 2.35. The van der Waals surface area contributed by atoms with Crippen molar-refractivity contribution in [1.29, 1.82) is 0 Å². The van der Waals surface area contributed by atoms with Crippen molar-refractivity contribution in [3.8, 4) is 0 Å². The highest BCUT2D eigenvalue weighted by Crippen LogP contribution is 2.33. The Bertz CT molecular complexity index is 1370. The van der Waals surface area contributed by atoms with Gasteiger partial charge in [0.1, 0.15) is 18.2 Å². The largest absolute Gasteiger partial charge is 0.318 e. The van der Waals surface area contributed by atoms with Gasteiger partial charge in [-0.25, -0.2) is 9.37 Å². The van der Waals surface area contributed by atoms with Crippen molar-refractivity contribution in [3.05, 3.63) is 90.5 Å². The van der Waals surface area contributed by atoms with Gasteiger partial charge in [0, 0.05) is 36.3 Å². The van der Waals surface area contributed by atoms with E-state index in [4.69, 9.17) is 4.98 Å². The smallest absolute Gasteiger partial charge is 0.247 e. The van der Waals surface area contributed by atoms with Gasteiger partial charge in [0.15, 0.2) is 0 Å².